The Balaban J connectivity index is 3.23. The largest absolute Gasteiger partial charge is 0.478 e. The Kier molecular flexibility index (Phi) is 4.40. The van der Waals surface area contributed by atoms with E-state index in [1.165, 1.54) is 6.20 Å². The van der Waals surface area contributed by atoms with E-state index in [1.54, 1.807) is 7.11 Å². The first-order chi connectivity index (χ1) is 8.31. The number of hydrogen-bond acceptors (Lipinski definition) is 4. The summed E-state index contributed by atoms with van der Waals surface area (Å²) in [7, 11) is 1.61. The third kappa shape index (κ3) is 3.04. The normalized spacial score (nSPS) is 13.4. The van der Waals surface area contributed by atoms with Crippen molar-refractivity contribution in [1.82, 2.24) is 9.97 Å². The molecule has 0 spiro atoms. The fourth-order valence-electron chi connectivity index (χ4n) is 1.85. The quantitative estimate of drug-likeness (QED) is 0.891. The number of ether oxygens (including phenoxy) is 1. The molecule has 1 aromatic rings. The molecule has 0 amide bonds. The van der Waals surface area contributed by atoms with Crippen molar-refractivity contribution in [2.75, 3.05) is 7.11 Å². The molecule has 1 N–H and O–H groups in total. The number of carboxylic acids is 1. The van der Waals surface area contributed by atoms with E-state index >= 15 is 0 Å². The molecule has 1 heterocycles. The molecule has 100 valence electrons. The molecule has 0 aliphatic heterocycles. The van der Waals surface area contributed by atoms with Crippen molar-refractivity contribution in [3.8, 4) is 0 Å². The maximum Gasteiger partial charge on any atom is 0.339 e. The molecule has 0 aliphatic carbocycles. The molecule has 0 bridgehead atoms. The summed E-state index contributed by atoms with van der Waals surface area (Å²) >= 11 is 0. The van der Waals surface area contributed by atoms with Crippen molar-refractivity contribution in [2.24, 2.45) is 5.41 Å². The van der Waals surface area contributed by atoms with Crippen LogP contribution in [-0.2, 0) is 11.2 Å². The van der Waals surface area contributed by atoms with Gasteiger partial charge in [0.2, 0.25) is 0 Å². The topological polar surface area (TPSA) is 72.3 Å². The monoisotopic (exact) mass is 252 g/mol. The van der Waals surface area contributed by atoms with Gasteiger partial charge in [-0.1, -0.05) is 27.7 Å². The minimum absolute atomic E-state index is 0.148. The average molecular weight is 252 g/mol. The van der Waals surface area contributed by atoms with Gasteiger partial charge >= 0.3 is 5.97 Å². The first-order valence-electron chi connectivity index (χ1n) is 5.93. The molecular weight excluding hydrogens is 232 g/mol. The fraction of sp³-hybridized carbons (Fsp3) is 0.615. The molecule has 5 heteroatoms. The number of rotatable bonds is 4. The number of carbonyl (C=O) groups is 1. The van der Waals surface area contributed by atoms with Gasteiger partial charge in [-0.25, -0.2) is 14.8 Å². The molecule has 18 heavy (non-hydrogen) atoms. The molecule has 5 nitrogen and oxygen atoms in total. The highest BCUT2D eigenvalue weighted by Crippen LogP contribution is 2.33. The van der Waals surface area contributed by atoms with Gasteiger partial charge in [-0.05, 0) is 11.8 Å². The Labute approximate surface area is 107 Å². The smallest absolute Gasteiger partial charge is 0.339 e. The van der Waals surface area contributed by atoms with E-state index in [9.17, 15) is 4.79 Å². The van der Waals surface area contributed by atoms with E-state index in [4.69, 9.17) is 9.84 Å². The van der Waals surface area contributed by atoms with Gasteiger partial charge in [0.05, 0.1) is 11.3 Å². The number of aryl methyl sites for hydroxylation is 1. The van der Waals surface area contributed by atoms with Crippen LogP contribution >= 0.6 is 0 Å². The predicted octanol–water partition coefficient (Wildman–Crippen LogP) is 2.47. The van der Waals surface area contributed by atoms with Crippen molar-refractivity contribution in [2.45, 2.75) is 40.2 Å². The number of carboxylic acid groups (broad SMARTS) is 1. The molecule has 0 radical (unpaired) electrons. The third-order valence-electron chi connectivity index (χ3n) is 2.71. The van der Waals surface area contributed by atoms with Gasteiger partial charge in [0.25, 0.3) is 0 Å². The summed E-state index contributed by atoms with van der Waals surface area (Å²) in [4.78, 5) is 19.5. The van der Waals surface area contributed by atoms with Gasteiger partial charge in [-0.2, -0.15) is 0 Å². The van der Waals surface area contributed by atoms with Crippen LogP contribution in [-0.4, -0.2) is 28.2 Å². The van der Waals surface area contributed by atoms with Gasteiger partial charge in [-0.3, -0.25) is 0 Å². The summed E-state index contributed by atoms with van der Waals surface area (Å²) < 4.78 is 5.43. The SMILES string of the molecule is CCc1nc(C(OC)C(C)(C)C)ncc1C(=O)O. The van der Waals surface area contributed by atoms with E-state index in [1.807, 2.05) is 27.7 Å². The van der Waals surface area contributed by atoms with Crippen molar-refractivity contribution in [1.29, 1.82) is 0 Å². The minimum Gasteiger partial charge on any atom is -0.478 e. The van der Waals surface area contributed by atoms with Crippen LogP contribution in [0.5, 0.6) is 0 Å². The highest BCUT2D eigenvalue weighted by Gasteiger charge is 2.29. The molecule has 1 aromatic heterocycles. The Bertz CT molecular complexity index is 438. The van der Waals surface area contributed by atoms with Crippen molar-refractivity contribution in [3.05, 3.63) is 23.3 Å². The Morgan fingerprint density at radius 3 is 2.50 bits per heavy atom. The molecule has 0 aromatic carbocycles. The lowest BCUT2D eigenvalue weighted by molar-refractivity contribution is 0.00844. The number of aromatic carboxylic acids is 1. The molecule has 1 unspecified atom stereocenters. The highest BCUT2D eigenvalue weighted by atomic mass is 16.5. The zero-order valence-corrected chi connectivity index (χ0v) is 11.5. The van der Waals surface area contributed by atoms with Crippen LogP contribution in [0.25, 0.3) is 0 Å². The predicted molar refractivity (Wildman–Crippen MR) is 67.6 cm³/mol. The summed E-state index contributed by atoms with van der Waals surface area (Å²) in [5.74, 6) is -0.463. The van der Waals surface area contributed by atoms with E-state index in [-0.39, 0.29) is 17.1 Å². The number of aromatic nitrogens is 2. The van der Waals surface area contributed by atoms with Gasteiger partial charge in [-0.15, -0.1) is 0 Å². The van der Waals surface area contributed by atoms with Crippen molar-refractivity contribution < 1.29 is 14.6 Å². The molecule has 0 saturated carbocycles. The van der Waals surface area contributed by atoms with Crippen LogP contribution < -0.4 is 0 Å². The number of hydrogen-bond donors (Lipinski definition) is 1. The standard InChI is InChI=1S/C13H20N2O3/c1-6-9-8(12(16)17)7-14-11(15-9)10(18-5)13(2,3)4/h7,10H,6H2,1-5H3,(H,16,17). The molecule has 0 saturated heterocycles. The fourth-order valence-corrected chi connectivity index (χ4v) is 1.85. The van der Waals surface area contributed by atoms with Gasteiger partial charge < -0.3 is 9.84 Å². The zero-order chi connectivity index (χ0) is 13.9. The van der Waals surface area contributed by atoms with Gasteiger partial charge in [0.1, 0.15) is 6.10 Å². The minimum atomic E-state index is -0.997. The second-order valence-corrected chi connectivity index (χ2v) is 5.23. The Hall–Kier alpha value is -1.49. The van der Waals surface area contributed by atoms with E-state index in [0.29, 0.717) is 17.9 Å². The van der Waals surface area contributed by atoms with Gasteiger partial charge in [0, 0.05) is 13.3 Å². The van der Waals surface area contributed by atoms with E-state index in [2.05, 4.69) is 9.97 Å². The maximum atomic E-state index is 11.0. The van der Waals surface area contributed by atoms with Crippen LogP contribution in [0, 0.1) is 5.41 Å². The van der Waals surface area contributed by atoms with Crippen molar-refractivity contribution >= 4 is 5.97 Å². The second kappa shape index (κ2) is 5.44. The zero-order valence-electron chi connectivity index (χ0n) is 11.5. The summed E-state index contributed by atoms with van der Waals surface area (Å²) in [6.45, 7) is 7.96. The molecule has 0 fully saturated rings. The Morgan fingerprint density at radius 2 is 2.11 bits per heavy atom. The molecule has 1 atom stereocenters. The van der Waals surface area contributed by atoms with E-state index < -0.39 is 5.97 Å². The maximum absolute atomic E-state index is 11.0. The summed E-state index contributed by atoms with van der Waals surface area (Å²) in [6.07, 6.45) is 1.66. The van der Waals surface area contributed by atoms with Gasteiger partial charge in [0.15, 0.2) is 5.82 Å². The Morgan fingerprint density at radius 1 is 1.50 bits per heavy atom. The van der Waals surface area contributed by atoms with Crippen LogP contribution in [0.1, 0.15) is 55.7 Å². The molecular formula is C13H20N2O3. The third-order valence-corrected chi connectivity index (χ3v) is 2.71. The highest BCUT2D eigenvalue weighted by molar-refractivity contribution is 5.88. The lowest BCUT2D eigenvalue weighted by Gasteiger charge is -2.28. The lowest BCUT2D eigenvalue weighted by atomic mass is 9.88. The number of methoxy groups -OCH3 is 1. The first-order valence-corrected chi connectivity index (χ1v) is 5.93. The molecule has 0 aliphatic rings. The summed E-state index contributed by atoms with van der Waals surface area (Å²) in [5, 5.41) is 9.03. The first kappa shape index (κ1) is 14.6. The average Bonchev–Trinajstić information content (AvgIpc) is 2.27. The second-order valence-electron chi connectivity index (χ2n) is 5.23. The van der Waals surface area contributed by atoms with Crippen LogP contribution in [0.3, 0.4) is 0 Å². The van der Waals surface area contributed by atoms with Crippen LogP contribution in [0.2, 0.25) is 0 Å². The molecule has 1 rings (SSSR count). The van der Waals surface area contributed by atoms with Crippen LogP contribution in [0.4, 0.5) is 0 Å². The van der Waals surface area contributed by atoms with Crippen molar-refractivity contribution in [3.63, 3.8) is 0 Å². The van der Waals surface area contributed by atoms with E-state index in [0.717, 1.165) is 0 Å². The summed E-state index contributed by atoms with van der Waals surface area (Å²) in [6, 6.07) is 0. The summed E-state index contributed by atoms with van der Waals surface area (Å²) in [5.41, 5.74) is 0.550. The lowest BCUT2D eigenvalue weighted by Crippen LogP contribution is -2.23. The number of nitrogens with zero attached hydrogens (tertiary/aromatic N) is 2. The van der Waals surface area contributed by atoms with Crippen LogP contribution in [0.15, 0.2) is 6.20 Å².